The van der Waals surface area contributed by atoms with Gasteiger partial charge in [0.2, 0.25) is 0 Å². The van der Waals surface area contributed by atoms with Gasteiger partial charge in [0, 0.05) is 11.8 Å². The van der Waals surface area contributed by atoms with Crippen LogP contribution in [0.5, 0.6) is 17.2 Å². The fraction of sp³-hybridized carbons (Fsp3) is 0.182. The summed E-state index contributed by atoms with van der Waals surface area (Å²) in [5, 5.41) is 12.1. The third-order valence-corrected chi connectivity index (χ3v) is 3.58. The summed E-state index contributed by atoms with van der Waals surface area (Å²) in [6.45, 7) is 2.39. The molecular formula is C22H20N2O4. The number of nitrogens with zero attached hydrogens (tertiary/aromatic N) is 1. The van der Waals surface area contributed by atoms with Gasteiger partial charge in [-0.1, -0.05) is 18.1 Å². The summed E-state index contributed by atoms with van der Waals surface area (Å²) in [4.78, 5) is 12.4. The molecule has 0 saturated heterocycles. The van der Waals surface area contributed by atoms with Crippen LogP contribution in [0.2, 0.25) is 0 Å². The van der Waals surface area contributed by atoms with Crippen molar-refractivity contribution < 1.29 is 19.0 Å². The predicted octanol–water partition coefficient (Wildman–Crippen LogP) is 3.65. The summed E-state index contributed by atoms with van der Waals surface area (Å²) in [5.41, 5.74) is 1.09. The first-order valence-corrected chi connectivity index (χ1v) is 8.51. The Morgan fingerprint density at radius 1 is 1.21 bits per heavy atom. The molecule has 0 aromatic heterocycles. The lowest BCUT2D eigenvalue weighted by atomic mass is 10.1. The third kappa shape index (κ3) is 5.55. The molecule has 1 N–H and O–H groups in total. The fourth-order valence-electron chi connectivity index (χ4n) is 2.34. The third-order valence-electron chi connectivity index (χ3n) is 3.58. The van der Waals surface area contributed by atoms with E-state index in [0.29, 0.717) is 35.1 Å². The Kier molecular flexibility index (Phi) is 7.51. The van der Waals surface area contributed by atoms with E-state index in [-0.39, 0.29) is 12.2 Å². The van der Waals surface area contributed by atoms with E-state index in [1.165, 1.54) is 13.2 Å². The molecular weight excluding hydrogens is 356 g/mol. The topological polar surface area (TPSA) is 80.6 Å². The number of benzene rings is 2. The monoisotopic (exact) mass is 376 g/mol. The van der Waals surface area contributed by atoms with Crippen LogP contribution in [0, 0.1) is 23.7 Å². The first-order chi connectivity index (χ1) is 13.6. The second kappa shape index (κ2) is 10.3. The number of nitriles is 1. The highest BCUT2D eigenvalue weighted by atomic mass is 16.5. The number of hydrogen-bond donors (Lipinski definition) is 1. The van der Waals surface area contributed by atoms with Gasteiger partial charge in [-0.15, -0.1) is 6.42 Å². The number of anilines is 1. The van der Waals surface area contributed by atoms with Crippen LogP contribution in [-0.4, -0.2) is 26.2 Å². The molecule has 2 aromatic carbocycles. The van der Waals surface area contributed by atoms with Crippen LogP contribution in [-0.2, 0) is 4.79 Å². The van der Waals surface area contributed by atoms with E-state index in [2.05, 4.69) is 11.2 Å². The van der Waals surface area contributed by atoms with Crippen LogP contribution in [0.4, 0.5) is 5.69 Å². The van der Waals surface area contributed by atoms with Crippen LogP contribution < -0.4 is 19.5 Å². The molecule has 6 nitrogen and oxygen atoms in total. The number of hydrogen-bond acceptors (Lipinski definition) is 5. The van der Waals surface area contributed by atoms with E-state index in [1.807, 2.05) is 13.0 Å². The van der Waals surface area contributed by atoms with E-state index in [4.69, 9.17) is 20.6 Å². The number of terminal acetylenes is 1. The van der Waals surface area contributed by atoms with Crippen molar-refractivity contribution in [2.75, 3.05) is 25.6 Å². The summed E-state index contributed by atoms with van der Waals surface area (Å²) < 4.78 is 16.1. The molecule has 0 aliphatic rings. The Morgan fingerprint density at radius 2 is 2.04 bits per heavy atom. The van der Waals surface area contributed by atoms with E-state index in [9.17, 15) is 10.1 Å². The molecule has 0 bridgehead atoms. The van der Waals surface area contributed by atoms with E-state index in [0.717, 1.165) is 0 Å². The van der Waals surface area contributed by atoms with Gasteiger partial charge >= 0.3 is 0 Å². The molecule has 0 saturated carbocycles. The number of nitrogens with one attached hydrogen (secondary N) is 1. The van der Waals surface area contributed by atoms with Crippen LogP contribution in [0.15, 0.2) is 48.0 Å². The van der Waals surface area contributed by atoms with Gasteiger partial charge in [0.15, 0.2) is 11.5 Å². The highest BCUT2D eigenvalue weighted by Gasteiger charge is 2.12. The Morgan fingerprint density at radius 3 is 2.71 bits per heavy atom. The van der Waals surface area contributed by atoms with Gasteiger partial charge in [0.25, 0.3) is 5.91 Å². The summed E-state index contributed by atoms with van der Waals surface area (Å²) in [6, 6.07) is 13.9. The van der Waals surface area contributed by atoms with Crippen molar-refractivity contribution in [3.05, 3.63) is 53.6 Å². The minimum absolute atomic E-state index is 0.0532. The standard InChI is InChI=1S/C22H20N2O4/c1-4-11-28-20-10-9-16(13-21(20)27-5-2)12-17(15-23)22(25)24-18-7-6-8-19(14-18)26-3/h1,6-10,12-14H,5,11H2,2-3H3,(H,24,25). The fourth-order valence-corrected chi connectivity index (χ4v) is 2.34. The summed E-state index contributed by atoms with van der Waals surface area (Å²) in [6.07, 6.45) is 6.69. The Balaban J connectivity index is 2.25. The maximum atomic E-state index is 12.4. The number of methoxy groups -OCH3 is 1. The van der Waals surface area contributed by atoms with Gasteiger partial charge in [0.05, 0.1) is 13.7 Å². The molecule has 0 radical (unpaired) electrons. The first-order valence-electron chi connectivity index (χ1n) is 8.51. The molecule has 0 atom stereocenters. The molecule has 0 spiro atoms. The van der Waals surface area contributed by atoms with Crippen LogP contribution in [0.1, 0.15) is 12.5 Å². The van der Waals surface area contributed by atoms with Gasteiger partial charge in [-0.25, -0.2) is 0 Å². The van der Waals surface area contributed by atoms with Gasteiger partial charge in [0.1, 0.15) is 24.0 Å². The summed E-state index contributed by atoms with van der Waals surface area (Å²) in [5.74, 6) is 3.45. The highest BCUT2D eigenvalue weighted by molar-refractivity contribution is 6.09. The van der Waals surface area contributed by atoms with E-state index in [1.54, 1.807) is 42.5 Å². The molecule has 0 aliphatic heterocycles. The van der Waals surface area contributed by atoms with Crippen molar-refractivity contribution in [1.29, 1.82) is 5.26 Å². The minimum Gasteiger partial charge on any atom is -0.497 e. The zero-order valence-corrected chi connectivity index (χ0v) is 15.7. The molecule has 6 heteroatoms. The summed E-state index contributed by atoms with van der Waals surface area (Å²) >= 11 is 0. The highest BCUT2D eigenvalue weighted by Crippen LogP contribution is 2.29. The van der Waals surface area contributed by atoms with Gasteiger partial charge in [-0.05, 0) is 42.8 Å². The first kappa shape index (κ1) is 20.4. The van der Waals surface area contributed by atoms with Crippen molar-refractivity contribution >= 4 is 17.7 Å². The quantitative estimate of drug-likeness (QED) is 0.432. The molecule has 0 aliphatic carbocycles. The zero-order valence-electron chi connectivity index (χ0n) is 15.7. The van der Waals surface area contributed by atoms with Gasteiger partial charge in [-0.3, -0.25) is 4.79 Å². The van der Waals surface area contributed by atoms with Crippen molar-refractivity contribution in [3.63, 3.8) is 0 Å². The van der Waals surface area contributed by atoms with Crippen LogP contribution >= 0.6 is 0 Å². The van der Waals surface area contributed by atoms with Crippen molar-refractivity contribution in [2.45, 2.75) is 6.92 Å². The number of ether oxygens (including phenoxy) is 3. The SMILES string of the molecule is C#CCOc1ccc(C=C(C#N)C(=O)Nc2cccc(OC)c2)cc1OCC. The maximum Gasteiger partial charge on any atom is 0.266 e. The van der Waals surface area contributed by atoms with Gasteiger partial charge in [-0.2, -0.15) is 5.26 Å². The van der Waals surface area contributed by atoms with Crippen molar-refractivity contribution in [1.82, 2.24) is 0 Å². The molecule has 142 valence electrons. The van der Waals surface area contributed by atoms with Crippen LogP contribution in [0.3, 0.4) is 0 Å². The smallest absolute Gasteiger partial charge is 0.266 e. The largest absolute Gasteiger partial charge is 0.497 e. The van der Waals surface area contributed by atoms with E-state index < -0.39 is 5.91 Å². The predicted molar refractivity (Wildman–Crippen MR) is 107 cm³/mol. The average molecular weight is 376 g/mol. The average Bonchev–Trinajstić information content (AvgIpc) is 2.71. The van der Waals surface area contributed by atoms with Crippen molar-refractivity contribution in [2.24, 2.45) is 0 Å². The molecule has 0 unspecified atom stereocenters. The lowest BCUT2D eigenvalue weighted by molar-refractivity contribution is -0.112. The number of amides is 1. The lowest BCUT2D eigenvalue weighted by Crippen LogP contribution is -2.13. The second-order valence-electron chi connectivity index (χ2n) is 5.49. The molecule has 0 heterocycles. The molecule has 1 amide bonds. The Labute approximate surface area is 164 Å². The van der Waals surface area contributed by atoms with Crippen molar-refractivity contribution in [3.8, 4) is 35.7 Å². The van der Waals surface area contributed by atoms with E-state index >= 15 is 0 Å². The minimum atomic E-state index is -0.527. The normalized spacial score (nSPS) is 10.4. The van der Waals surface area contributed by atoms with Gasteiger partial charge < -0.3 is 19.5 Å². The summed E-state index contributed by atoms with van der Waals surface area (Å²) in [7, 11) is 1.54. The number of carbonyl (C=O) groups excluding carboxylic acids is 1. The zero-order chi connectivity index (χ0) is 20.4. The number of rotatable bonds is 8. The number of carbonyl (C=O) groups is 1. The Hall–Kier alpha value is -3.90. The second-order valence-corrected chi connectivity index (χ2v) is 5.49. The van der Waals surface area contributed by atoms with Crippen LogP contribution in [0.25, 0.3) is 6.08 Å². The molecule has 28 heavy (non-hydrogen) atoms. The molecule has 2 aromatic rings. The molecule has 0 fully saturated rings. The lowest BCUT2D eigenvalue weighted by Gasteiger charge is -2.11. The maximum absolute atomic E-state index is 12.4. The Bertz CT molecular complexity index is 952. The molecule has 2 rings (SSSR count).